The van der Waals surface area contributed by atoms with Gasteiger partial charge in [-0.1, -0.05) is 0 Å². The van der Waals surface area contributed by atoms with Crippen molar-refractivity contribution in [3.63, 3.8) is 0 Å². The lowest BCUT2D eigenvalue weighted by atomic mass is 10.2. The fraction of sp³-hybridized carbons (Fsp3) is 0.200. The third kappa shape index (κ3) is 1.32. The smallest absolute Gasteiger partial charge is 0.264 e. The maximum Gasteiger partial charge on any atom is 0.264 e. The molecule has 0 aliphatic rings. The minimum Gasteiger partial charge on any atom is -0.310 e. The second-order valence-corrected chi connectivity index (χ2v) is 3.86. The molecule has 0 bridgehead atoms. The monoisotopic (exact) mass is 206 g/mol. The van der Waals surface area contributed by atoms with Crippen molar-refractivity contribution in [1.82, 2.24) is 9.55 Å². The van der Waals surface area contributed by atoms with Gasteiger partial charge in [0.15, 0.2) is 0 Å². The highest BCUT2D eigenvalue weighted by Gasteiger charge is 2.04. The van der Waals surface area contributed by atoms with Gasteiger partial charge in [-0.05, 0) is 18.4 Å². The van der Waals surface area contributed by atoms with Crippen molar-refractivity contribution in [1.29, 1.82) is 0 Å². The lowest BCUT2D eigenvalue weighted by Gasteiger charge is -2.05. The minimum atomic E-state index is 0.0520. The van der Waals surface area contributed by atoms with Gasteiger partial charge in [0.05, 0.1) is 10.4 Å². The number of pyridine rings is 2. The van der Waals surface area contributed by atoms with E-state index in [0.29, 0.717) is 0 Å². The van der Waals surface area contributed by atoms with E-state index in [-0.39, 0.29) is 5.56 Å². The zero-order valence-corrected chi connectivity index (χ0v) is 8.84. The largest absolute Gasteiger partial charge is 0.310 e. The van der Waals surface area contributed by atoms with Crippen molar-refractivity contribution in [3.8, 4) is 0 Å². The molecule has 0 unspecified atom stereocenters. The van der Waals surface area contributed by atoms with Gasteiger partial charge in [0.1, 0.15) is 0 Å². The summed E-state index contributed by atoms with van der Waals surface area (Å²) in [6.45, 7) is 0. The SMILES string of the molecule is CSc1cc2cnccc2n(C)c1=O. The summed E-state index contributed by atoms with van der Waals surface area (Å²) < 4.78 is 1.66. The Hall–Kier alpha value is -1.29. The van der Waals surface area contributed by atoms with Gasteiger partial charge in [-0.2, -0.15) is 0 Å². The number of nitrogens with zero attached hydrogens (tertiary/aromatic N) is 2. The molecule has 2 aromatic rings. The molecule has 2 rings (SSSR count). The van der Waals surface area contributed by atoms with Crippen molar-refractivity contribution < 1.29 is 0 Å². The van der Waals surface area contributed by atoms with Gasteiger partial charge in [-0.25, -0.2) is 0 Å². The van der Waals surface area contributed by atoms with Gasteiger partial charge in [-0.3, -0.25) is 9.78 Å². The topological polar surface area (TPSA) is 34.9 Å². The zero-order valence-electron chi connectivity index (χ0n) is 8.02. The first kappa shape index (κ1) is 9.27. The van der Waals surface area contributed by atoms with Crippen LogP contribution < -0.4 is 5.56 Å². The molecule has 4 heteroatoms. The van der Waals surface area contributed by atoms with Crippen molar-refractivity contribution in [3.05, 3.63) is 34.9 Å². The first-order valence-electron chi connectivity index (χ1n) is 4.22. The molecule has 2 aromatic heterocycles. The first-order chi connectivity index (χ1) is 6.74. The van der Waals surface area contributed by atoms with Crippen LogP contribution in [0.2, 0.25) is 0 Å². The third-order valence-corrected chi connectivity index (χ3v) is 2.94. The zero-order chi connectivity index (χ0) is 10.1. The summed E-state index contributed by atoms with van der Waals surface area (Å²) in [7, 11) is 1.78. The molecule has 0 saturated heterocycles. The van der Waals surface area contributed by atoms with Crippen LogP contribution in [0.3, 0.4) is 0 Å². The summed E-state index contributed by atoms with van der Waals surface area (Å²) in [5.74, 6) is 0. The highest BCUT2D eigenvalue weighted by Crippen LogP contribution is 2.16. The van der Waals surface area contributed by atoms with Crippen molar-refractivity contribution >= 4 is 22.7 Å². The molecular formula is C10H10N2OS. The molecular weight excluding hydrogens is 196 g/mol. The van der Waals surface area contributed by atoms with Crippen LogP contribution in [0.25, 0.3) is 10.9 Å². The molecule has 2 heterocycles. The molecule has 0 amide bonds. The number of aryl methyl sites for hydroxylation is 1. The van der Waals surface area contributed by atoms with E-state index < -0.39 is 0 Å². The highest BCUT2D eigenvalue weighted by molar-refractivity contribution is 7.98. The summed E-state index contributed by atoms with van der Waals surface area (Å²) in [5, 5.41) is 0.999. The Kier molecular flexibility index (Phi) is 2.29. The molecule has 72 valence electrons. The van der Waals surface area contributed by atoms with Crippen LogP contribution in [0.15, 0.2) is 34.2 Å². The quantitative estimate of drug-likeness (QED) is 0.665. The number of rotatable bonds is 1. The van der Waals surface area contributed by atoms with E-state index in [1.807, 2.05) is 18.4 Å². The van der Waals surface area contributed by atoms with Crippen LogP contribution in [0, 0.1) is 0 Å². The molecule has 0 spiro atoms. The van der Waals surface area contributed by atoms with Crippen LogP contribution in [0.5, 0.6) is 0 Å². The number of fused-ring (bicyclic) bond motifs is 1. The molecule has 14 heavy (non-hydrogen) atoms. The number of thioether (sulfide) groups is 1. The molecule has 0 radical (unpaired) electrons. The average molecular weight is 206 g/mol. The molecule has 3 nitrogen and oxygen atoms in total. The normalized spacial score (nSPS) is 10.7. The van der Waals surface area contributed by atoms with Gasteiger partial charge < -0.3 is 4.57 Å². The van der Waals surface area contributed by atoms with E-state index in [2.05, 4.69) is 4.98 Å². The summed E-state index contributed by atoms with van der Waals surface area (Å²) >= 11 is 1.46. The Morgan fingerprint density at radius 3 is 3.00 bits per heavy atom. The predicted octanol–water partition coefficient (Wildman–Crippen LogP) is 1.66. The van der Waals surface area contributed by atoms with E-state index in [9.17, 15) is 4.79 Å². The van der Waals surface area contributed by atoms with Crippen LogP contribution in [0.1, 0.15) is 0 Å². The summed E-state index contributed by atoms with van der Waals surface area (Å²) in [5.41, 5.74) is 0.971. The molecule has 0 aliphatic carbocycles. The van der Waals surface area contributed by atoms with E-state index in [4.69, 9.17) is 0 Å². The predicted molar refractivity (Wildman–Crippen MR) is 58.8 cm³/mol. The maximum atomic E-state index is 11.7. The van der Waals surface area contributed by atoms with Gasteiger partial charge in [0.2, 0.25) is 0 Å². The Morgan fingerprint density at radius 1 is 1.50 bits per heavy atom. The second kappa shape index (κ2) is 3.46. The minimum absolute atomic E-state index is 0.0520. The van der Waals surface area contributed by atoms with Crippen LogP contribution in [0.4, 0.5) is 0 Å². The summed E-state index contributed by atoms with van der Waals surface area (Å²) in [4.78, 5) is 16.5. The van der Waals surface area contributed by atoms with Crippen molar-refractivity contribution in [2.45, 2.75) is 4.90 Å². The van der Waals surface area contributed by atoms with Crippen molar-refractivity contribution in [2.75, 3.05) is 6.26 Å². The van der Waals surface area contributed by atoms with E-state index in [1.54, 1.807) is 24.0 Å². The molecule has 0 saturated carbocycles. The Bertz CT molecular complexity index is 533. The van der Waals surface area contributed by atoms with Gasteiger partial charge in [0, 0.05) is 24.8 Å². The molecule has 0 N–H and O–H groups in total. The number of aromatic nitrogens is 2. The third-order valence-electron chi connectivity index (χ3n) is 2.21. The average Bonchev–Trinajstić information content (AvgIpc) is 2.23. The summed E-state index contributed by atoms with van der Waals surface area (Å²) in [6.07, 6.45) is 5.37. The molecule has 0 atom stereocenters. The van der Waals surface area contributed by atoms with Crippen LogP contribution >= 0.6 is 11.8 Å². The Morgan fingerprint density at radius 2 is 2.29 bits per heavy atom. The van der Waals surface area contributed by atoms with E-state index in [0.717, 1.165) is 15.8 Å². The van der Waals surface area contributed by atoms with Gasteiger partial charge in [0.25, 0.3) is 5.56 Å². The molecule has 0 aromatic carbocycles. The first-order valence-corrected chi connectivity index (χ1v) is 5.44. The Labute approximate surface area is 85.8 Å². The van der Waals surface area contributed by atoms with Crippen LogP contribution in [-0.2, 0) is 7.05 Å². The van der Waals surface area contributed by atoms with Gasteiger partial charge in [-0.15, -0.1) is 11.8 Å². The van der Waals surface area contributed by atoms with Crippen molar-refractivity contribution in [2.24, 2.45) is 7.05 Å². The van der Waals surface area contributed by atoms with E-state index in [1.165, 1.54) is 11.8 Å². The van der Waals surface area contributed by atoms with E-state index >= 15 is 0 Å². The maximum absolute atomic E-state index is 11.7. The molecule has 0 fully saturated rings. The Balaban J connectivity index is 2.92. The number of hydrogen-bond donors (Lipinski definition) is 0. The fourth-order valence-electron chi connectivity index (χ4n) is 1.44. The number of hydrogen-bond acceptors (Lipinski definition) is 3. The molecule has 0 aliphatic heterocycles. The summed E-state index contributed by atoms with van der Waals surface area (Å²) in [6, 6.07) is 3.73. The van der Waals surface area contributed by atoms with Crippen LogP contribution in [-0.4, -0.2) is 15.8 Å². The van der Waals surface area contributed by atoms with Gasteiger partial charge >= 0.3 is 0 Å². The fourth-order valence-corrected chi connectivity index (χ4v) is 2.00. The highest BCUT2D eigenvalue weighted by atomic mass is 32.2. The standard InChI is InChI=1S/C10H10N2OS/c1-12-8-3-4-11-6-7(8)5-9(14-2)10(12)13/h3-6H,1-2H3. The lowest BCUT2D eigenvalue weighted by Crippen LogP contribution is -2.18. The lowest BCUT2D eigenvalue weighted by molar-refractivity contribution is 0.875. The second-order valence-electron chi connectivity index (χ2n) is 3.01.